The van der Waals surface area contributed by atoms with Crippen LogP contribution in [0.4, 0.5) is 5.82 Å². The molecule has 106 valence electrons. The third-order valence-corrected chi connectivity index (χ3v) is 2.98. The predicted octanol–water partition coefficient (Wildman–Crippen LogP) is 2.48. The van der Waals surface area contributed by atoms with E-state index >= 15 is 0 Å². The van der Waals surface area contributed by atoms with E-state index in [1.54, 1.807) is 4.68 Å². The molecule has 1 aromatic carbocycles. The van der Waals surface area contributed by atoms with Gasteiger partial charge in [0.25, 0.3) is 5.91 Å². The Balaban J connectivity index is 1.81. The third-order valence-electron chi connectivity index (χ3n) is 2.98. The molecule has 1 amide bonds. The Kier molecular flexibility index (Phi) is 3.51. The molecule has 3 aromatic rings. The molecule has 21 heavy (non-hydrogen) atoms. The monoisotopic (exact) mass is 282 g/mol. The second kappa shape index (κ2) is 5.62. The van der Waals surface area contributed by atoms with Crippen molar-refractivity contribution >= 4 is 11.7 Å². The number of nitrogens with one attached hydrogen (secondary N) is 1. The number of hydrogen-bond acceptors (Lipinski definition) is 4. The van der Waals surface area contributed by atoms with E-state index in [0.29, 0.717) is 12.4 Å². The van der Waals surface area contributed by atoms with Crippen LogP contribution in [0.15, 0.2) is 53.2 Å². The molecule has 6 nitrogen and oxygen atoms in total. The standard InChI is InChI=1S/C15H14N4O2/c1-11-9-14(17-15(20)13-7-8-16-21-13)19(18-11)10-12-5-3-2-4-6-12/h2-9H,10H2,1H3,(H,17,20). The topological polar surface area (TPSA) is 73.0 Å². The van der Waals surface area contributed by atoms with Crippen LogP contribution in [0.2, 0.25) is 0 Å². The molecule has 0 bridgehead atoms. The first-order chi connectivity index (χ1) is 10.2. The van der Waals surface area contributed by atoms with Crippen molar-refractivity contribution in [1.82, 2.24) is 14.9 Å². The van der Waals surface area contributed by atoms with E-state index in [1.807, 2.05) is 43.3 Å². The number of carbonyl (C=O) groups excluding carboxylic acids is 1. The Morgan fingerprint density at radius 2 is 2.10 bits per heavy atom. The first-order valence-electron chi connectivity index (χ1n) is 6.53. The van der Waals surface area contributed by atoms with Crippen molar-refractivity contribution in [1.29, 1.82) is 0 Å². The second-order valence-corrected chi connectivity index (χ2v) is 4.65. The summed E-state index contributed by atoms with van der Waals surface area (Å²) in [5.41, 5.74) is 1.94. The zero-order chi connectivity index (χ0) is 14.7. The number of hydrogen-bond donors (Lipinski definition) is 1. The average molecular weight is 282 g/mol. The Morgan fingerprint density at radius 3 is 2.81 bits per heavy atom. The van der Waals surface area contributed by atoms with Crippen molar-refractivity contribution in [3.63, 3.8) is 0 Å². The van der Waals surface area contributed by atoms with Gasteiger partial charge in [-0.25, -0.2) is 4.68 Å². The Hall–Kier alpha value is -2.89. The van der Waals surface area contributed by atoms with Crippen LogP contribution in [0.3, 0.4) is 0 Å². The summed E-state index contributed by atoms with van der Waals surface area (Å²) in [6.07, 6.45) is 1.43. The molecule has 3 rings (SSSR count). The van der Waals surface area contributed by atoms with Crippen molar-refractivity contribution in [3.05, 3.63) is 65.7 Å². The summed E-state index contributed by atoms with van der Waals surface area (Å²) in [6, 6.07) is 13.3. The van der Waals surface area contributed by atoms with Gasteiger partial charge in [-0.1, -0.05) is 35.5 Å². The summed E-state index contributed by atoms with van der Waals surface area (Å²) in [4.78, 5) is 12.0. The molecule has 0 aliphatic heterocycles. The van der Waals surface area contributed by atoms with Gasteiger partial charge in [0, 0.05) is 12.1 Å². The number of rotatable bonds is 4. The fourth-order valence-corrected chi connectivity index (χ4v) is 2.03. The maximum absolute atomic E-state index is 12.0. The fraction of sp³-hybridized carbons (Fsp3) is 0.133. The number of aryl methyl sites for hydroxylation is 1. The highest BCUT2D eigenvalue weighted by atomic mass is 16.5. The quantitative estimate of drug-likeness (QED) is 0.798. The van der Waals surface area contributed by atoms with Gasteiger partial charge in [0.1, 0.15) is 5.82 Å². The SMILES string of the molecule is Cc1cc(NC(=O)c2ccno2)n(Cc2ccccc2)n1. The van der Waals surface area contributed by atoms with Crippen LogP contribution >= 0.6 is 0 Å². The summed E-state index contributed by atoms with van der Waals surface area (Å²) < 4.78 is 6.59. The van der Waals surface area contributed by atoms with E-state index in [1.165, 1.54) is 12.3 Å². The number of aromatic nitrogens is 3. The molecule has 0 spiro atoms. The average Bonchev–Trinajstić information content (AvgIpc) is 3.11. The molecule has 0 fully saturated rings. The summed E-state index contributed by atoms with van der Waals surface area (Å²) >= 11 is 0. The van der Waals surface area contributed by atoms with Crippen LogP contribution in [-0.4, -0.2) is 20.8 Å². The molecular weight excluding hydrogens is 268 g/mol. The van der Waals surface area contributed by atoms with Crippen LogP contribution < -0.4 is 5.32 Å². The minimum absolute atomic E-state index is 0.167. The maximum atomic E-state index is 12.0. The van der Waals surface area contributed by atoms with Gasteiger partial charge < -0.3 is 9.84 Å². The number of amides is 1. The number of nitrogens with zero attached hydrogens (tertiary/aromatic N) is 3. The molecule has 6 heteroatoms. The largest absolute Gasteiger partial charge is 0.351 e. The fourth-order valence-electron chi connectivity index (χ4n) is 2.03. The van der Waals surface area contributed by atoms with Gasteiger partial charge >= 0.3 is 0 Å². The highest BCUT2D eigenvalue weighted by Gasteiger charge is 2.14. The lowest BCUT2D eigenvalue weighted by atomic mass is 10.2. The van der Waals surface area contributed by atoms with Crippen molar-refractivity contribution in [2.24, 2.45) is 0 Å². The van der Waals surface area contributed by atoms with Crippen LogP contribution in [0.25, 0.3) is 0 Å². The van der Waals surface area contributed by atoms with Gasteiger partial charge in [-0.2, -0.15) is 5.10 Å². The summed E-state index contributed by atoms with van der Waals surface area (Å²) in [6.45, 7) is 2.46. The van der Waals surface area contributed by atoms with E-state index in [4.69, 9.17) is 4.52 Å². The highest BCUT2D eigenvalue weighted by molar-refractivity contribution is 6.01. The summed E-state index contributed by atoms with van der Waals surface area (Å²) in [5.74, 6) is 0.444. The van der Waals surface area contributed by atoms with E-state index in [2.05, 4.69) is 15.6 Å². The Labute approximate surface area is 121 Å². The van der Waals surface area contributed by atoms with Crippen molar-refractivity contribution < 1.29 is 9.32 Å². The minimum Gasteiger partial charge on any atom is -0.351 e. The lowest BCUT2D eigenvalue weighted by molar-refractivity contribution is 0.0987. The van der Waals surface area contributed by atoms with Gasteiger partial charge in [-0.3, -0.25) is 4.79 Å². The van der Waals surface area contributed by atoms with E-state index in [0.717, 1.165) is 11.3 Å². The van der Waals surface area contributed by atoms with E-state index < -0.39 is 0 Å². The summed E-state index contributed by atoms with van der Waals surface area (Å²) in [5, 5.41) is 10.7. The predicted molar refractivity (Wildman–Crippen MR) is 77.0 cm³/mol. The zero-order valence-corrected chi connectivity index (χ0v) is 11.5. The van der Waals surface area contributed by atoms with Crippen molar-refractivity contribution in [3.8, 4) is 0 Å². The molecule has 1 N–H and O–H groups in total. The number of carbonyl (C=O) groups is 1. The van der Waals surface area contributed by atoms with E-state index in [9.17, 15) is 4.79 Å². The van der Waals surface area contributed by atoms with Crippen molar-refractivity contribution in [2.45, 2.75) is 13.5 Å². The minimum atomic E-state index is -0.346. The first-order valence-corrected chi connectivity index (χ1v) is 6.53. The second-order valence-electron chi connectivity index (χ2n) is 4.65. The van der Waals surface area contributed by atoms with Gasteiger partial charge in [0.2, 0.25) is 5.76 Å². The highest BCUT2D eigenvalue weighted by Crippen LogP contribution is 2.14. The smallest absolute Gasteiger partial charge is 0.295 e. The Morgan fingerprint density at radius 1 is 1.29 bits per heavy atom. The third kappa shape index (κ3) is 3.00. The molecule has 0 atom stereocenters. The van der Waals surface area contributed by atoms with Gasteiger partial charge in [-0.15, -0.1) is 0 Å². The molecule has 0 unspecified atom stereocenters. The number of anilines is 1. The van der Waals surface area contributed by atoms with Gasteiger partial charge in [-0.05, 0) is 12.5 Å². The molecular formula is C15H14N4O2. The molecule has 0 aliphatic carbocycles. The van der Waals surface area contributed by atoms with Crippen LogP contribution in [0, 0.1) is 6.92 Å². The summed E-state index contributed by atoms with van der Waals surface area (Å²) in [7, 11) is 0. The van der Waals surface area contributed by atoms with Crippen LogP contribution in [0.5, 0.6) is 0 Å². The van der Waals surface area contributed by atoms with Crippen LogP contribution in [0.1, 0.15) is 21.8 Å². The van der Waals surface area contributed by atoms with Crippen molar-refractivity contribution in [2.75, 3.05) is 5.32 Å². The van der Waals surface area contributed by atoms with Gasteiger partial charge in [0.15, 0.2) is 0 Å². The molecule has 2 heterocycles. The van der Waals surface area contributed by atoms with Gasteiger partial charge in [0.05, 0.1) is 18.4 Å². The number of benzene rings is 1. The zero-order valence-electron chi connectivity index (χ0n) is 11.5. The van der Waals surface area contributed by atoms with E-state index in [-0.39, 0.29) is 11.7 Å². The maximum Gasteiger partial charge on any atom is 0.295 e. The molecule has 0 saturated carbocycles. The lowest BCUT2D eigenvalue weighted by Gasteiger charge is -2.07. The Bertz CT molecular complexity index is 732. The molecule has 0 saturated heterocycles. The molecule has 2 aromatic heterocycles. The normalized spacial score (nSPS) is 10.5. The lowest BCUT2D eigenvalue weighted by Crippen LogP contribution is -2.15. The molecule has 0 radical (unpaired) electrons. The first kappa shape index (κ1) is 13.1. The van der Waals surface area contributed by atoms with Crippen LogP contribution in [-0.2, 0) is 6.54 Å². The molecule has 0 aliphatic rings.